The van der Waals surface area contributed by atoms with E-state index in [0.29, 0.717) is 5.56 Å². The van der Waals surface area contributed by atoms with Gasteiger partial charge in [-0.05, 0) is 0 Å². The zero-order valence-corrected chi connectivity index (χ0v) is 7.36. The van der Waals surface area contributed by atoms with Gasteiger partial charge in [-0.3, -0.25) is 4.68 Å². The summed E-state index contributed by atoms with van der Waals surface area (Å²) in [5, 5.41) is 3.87. The Labute approximate surface area is 78.2 Å². The summed E-state index contributed by atoms with van der Waals surface area (Å²) in [4.78, 5) is 16.4. The third-order valence-corrected chi connectivity index (χ3v) is 1.76. The van der Waals surface area contributed by atoms with Gasteiger partial charge in [0.25, 0.3) is 0 Å². The summed E-state index contributed by atoms with van der Waals surface area (Å²) in [7, 11) is 1.71. The normalized spacial score (nSPS) is 10.4. The molecule has 2 rings (SSSR count). The minimum absolute atomic E-state index is 0.109. The number of rotatable bonds is 1. The van der Waals surface area contributed by atoms with E-state index in [2.05, 4.69) is 15.1 Å². The number of aromatic nitrogens is 4. The molecule has 0 saturated heterocycles. The van der Waals surface area contributed by atoms with E-state index in [-0.39, 0.29) is 5.69 Å². The van der Waals surface area contributed by atoms with Crippen LogP contribution >= 0.6 is 0 Å². The number of halogens is 1. The molecule has 2 heterocycles. The summed E-state index contributed by atoms with van der Waals surface area (Å²) in [6.45, 7) is 0. The van der Waals surface area contributed by atoms with Gasteiger partial charge in [0.15, 0.2) is 5.82 Å². The zero-order valence-electron chi connectivity index (χ0n) is 7.36. The Bertz CT molecular complexity index is 516. The molecule has 0 radical (unpaired) electrons. The second-order valence-electron chi connectivity index (χ2n) is 2.81. The fraction of sp³-hybridized carbons (Fsp3) is 0.125. The van der Waals surface area contributed by atoms with E-state index >= 15 is 0 Å². The van der Waals surface area contributed by atoms with Gasteiger partial charge in [-0.2, -0.15) is 10.1 Å². The van der Waals surface area contributed by atoms with Crippen LogP contribution in [-0.2, 0) is 7.05 Å². The predicted octanol–water partition coefficient (Wildman–Crippen LogP) is 0.309. The SMILES string of the molecule is Cn1cc(-c2[nH]c(=O)ncc2F)cn1. The third-order valence-electron chi connectivity index (χ3n) is 1.76. The van der Waals surface area contributed by atoms with E-state index in [1.807, 2.05) is 0 Å². The van der Waals surface area contributed by atoms with E-state index in [1.54, 1.807) is 13.2 Å². The van der Waals surface area contributed by atoms with Crippen molar-refractivity contribution in [3.05, 3.63) is 34.9 Å². The first-order chi connectivity index (χ1) is 6.66. The molecule has 0 spiro atoms. The Hall–Kier alpha value is -1.98. The fourth-order valence-electron chi connectivity index (χ4n) is 1.14. The molecule has 2 aromatic heterocycles. The number of aryl methyl sites for hydroxylation is 1. The average Bonchev–Trinajstić information content (AvgIpc) is 2.56. The lowest BCUT2D eigenvalue weighted by atomic mass is 10.2. The fourth-order valence-corrected chi connectivity index (χ4v) is 1.14. The lowest BCUT2D eigenvalue weighted by Crippen LogP contribution is -2.11. The zero-order chi connectivity index (χ0) is 10.1. The van der Waals surface area contributed by atoms with Gasteiger partial charge in [0, 0.05) is 18.8 Å². The maximum atomic E-state index is 13.2. The molecule has 0 amide bonds. The van der Waals surface area contributed by atoms with Crippen LogP contribution in [0.25, 0.3) is 11.3 Å². The third kappa shape index (κ3) is 1.41. The van der Waals surface area contributed by atoms with E-state index in [1.165, 1.54) is 10.9 Å². The van der Waals surface area contributed by atoms with Gasteiger partial charge in [0.05, 0.1) is 18.1 Å². The Morgan fingerprint density at radius 1 is 1.50 bits per heavy atom. The molecule has 1 N–H and O–H groups in total. The van der Waals surface area contributed by atoms with Crippen molar-refractivity contribution in [2.24, 2.45) is 7.05 Å². The van der Waals surface area contributed by atoms with Gasteiger partial charge in [-0.15, -0.1) is 0 Å². The van der Waals surface area contributed by atoms with E-state index in [0.717, 1.165) is 6.20 Å². The summed E-state index contributed by atoms with van der Waals surface area (Å²) in [6.07, 6.45) is 3.96. The number of hydrogen-bond donors (Lipinski definition) is 1. The van der Waals surface area contributed by atoms with Crippen molar-refractivity contribution in [1.82, 2.24) is 19.7 Å². The first kappa shape index (κ1) is 8.61. The smallest absolute Gasteiger partial charge is 0.303 e. The van der Waals surface area contributed by atoms with Gasteiger partial charge >= 0.3 is 5.69 Å². The minimum Gasteiger partial charge on any atom is -0.303 e. The molecule has 0 aliphatic rings. The van der Waals surface area contributed by atoms with Gasteiger partial charge in [0.1, 0.15) is 0 Å². The van der Waals surface area contributed by atoms with Crippen molar-refractivity contribution in [2.75, 3.05) is 0 Å². The molecule has 2 aromatic rings. The molecule has 0 fully saturated rings. The van der Waals surface area contributed by atoms with E-state index < -0.39 is 11.5 Å². The Balaban J connectivity index is 2.61. The molecule has 14 heavy (non-hydrogen) atoms. The molecule has 6 heteroatoms. The highest BCUT2D eigenvalue weighted by Crippen LogP contribution is 2.16. The van der Waals surface area contributed by atoms with Gasteiger partial charge in [-0.25, -0.2) is 9.18 Å². The molecule has 5 nitrogen and oxygen atoms in total. The quantitative estimate of drug-likeness (QED) is 0.710. The van der Waals surface area contributed by atoms with Crippen molar-refractivity contribution in [3.63, 3.8) is 0 Å². The number of H-pyrrole nitrogens is 1. The Morgan fingerprint density at radius 3 is 2.93 bits per heavy atom. The number of nitrogens with one attached hydrogen (secondary N) is 1. The van der Waals surface area contributed by atoms with Gasteiger partial charge < -0.3 is 4.98 Å². The number of nitrogens with zero attached hydrogens (tertiary/aromatic N) is 3. The minimum atomic E-state index is -0.578. The second kappa shape index (κ2) is 3.06. The van der Waals surface area contributed by atoms with Crippen molar-refractivity contribution in [1.29, 1.82) is 0 Å². The highest BCUT2D eigenvalue weighted by molar-refractivity contribution is 5.56. The lowest BCUT2D eigenvalue weighted by molar-refractivity contribution is 0.615. The summed E-state index contributed by atoms with van der Waals surface area (Å²) in [5.41, 5.74) is 0.0489. The molecule has 0 saturated carbocycles. The molecule has 0 bridgehead atoms. The molecular weight excluding hydrogens is 187 g/mol. The van der Waals surface area contributed by atoms with Crippen LogP contribution in [0.3, 0.4) is 0 Å². The van der Waals surface area contributed by atoms with Gasteiger partial charge in [0.2, 0.25) is 0 Å². The monoisotopic (exact) mass is 194 g/mol. The summed E-state index contributed by atoms with van der Waals surface area (Å²) in [6, 6.07) is 0. The molecule has 0 aromatic carbocycles. The Morgan fingerprint density at radius 2 is 2.29 bits per heavy atom. The first-order valence-corrected chi connectivity index (χ1v) is 3.90. The van der Waals surface area contributed by atoms with Crippen LogP contribution < -0.4 is 5.69 Å². The standard InChI is InChI=1S/C8H7FN4O/c1-13-4-5(2-11-13)7-6(9)3-10-8(14)12-7/h2-4H,1H3,(H,10,12,14). The maximum Gasteiger partial charge on any atom is 0.345 e. The van der Waals surface area contributed by atoms with Crippen LogP contribution in [0.5, 0.6) is 0 Å². The highest BCUT2D eigenvalue weighted by atomic mass is 19.1. The Kier molecular flexibility index (Phi) is 1.88. The molecule has 0 unspecified atom stereocenters. The molecule has 72 valence electrons. The molecular formula is C8H7FN4O. The van der Waals surface area contributed by atoms with Crippen molar-refractivity contribution in [3.8, 4) is 11.3 Å². The van der Waals surface area contributed by atoms with Crippen LogP contribution in [0.1, 0.15) is 0 Å². The first-order valence-electron chi connectivity index (χ1n) is 3.90. The van der Waals surface area contributed by atoms with Crippen LogP contribution in [0.4, 0.5) is 4.39 Å². The van der Waals surface area contributed by atoms with Crippen molar-refractivity contribution in [2.45, 2.75) is 0 Å². The molecule has 0 aliphatic carbocycles. The summed E-state index contributed by atoms with van der Waals surface area (Å²) >= 11 is 0. The van der Waals surface area contributed by atoms with Crippen LogP contribution in [0.2, 0.25) is 0 Å². The molecule has 0 aliphatic heterocycles. The van der Waals surface area contributed by atoms with E-state index in [9.17, 15) is 9.18 Å². The van der Waals surface area contributed by atoms with Crippen LogP contribution in [0.15, 0.2) is 23.4 Å². The van der Waals surface area contributed by atoms with Crippen molar-refractivity contribution < 1.29 is 4.39 Å². The largest absolute Gasteiger partial charge is 0.345 e. The van der Waals surface area contributed by atoms with Gasteiger partial charge in [-0.1, -0.05) is 0 Å². The van der Waals surface area contributed by atoms with E-state index in [4.69, 9.17) is 0 Å². The lowest BCUT2D eigenvalue weighted by Gasteiger charge is -1.96. The highest BCUT2D eigenvalue weighted by Gasteiger charge is 2.07. The maximum absolute atomic E-state index is 13.2. The number of aromatic amines is 1. The molecule has 0 atom stereocenters. The summed E-state index contributed by atoms with van der Waals surface area (Å²) in [5.74, 6) is -0.572. The van der Waals surface area contributed by atoms with Crippen LogP contribution in [0, 0.1) is 5.82 Å². The summed E-state index contributed by atoms with van der Waals surface area (Å²) < 4.78 is 14.7. The topological polar surface area (TPSA) is 63.6 Å². The second-order valence-corrected chi connectivity index (χ2v) is 2.81. The van der Waals surface area contributed by atoms with Crippen LogP contribution in [-0.4, -0.2) is 19.7 Å². The average molecular weight is 194 g/mol. The number of hydrogen-bond acceptors (Lipinski definition) is 3. The van der Waals surface area contributed by atoms with Crippen molar-refractivity contribution >= 4 is 0 Å². The predicted molar refractivity (Wildman–Crippen MR) is 47.0 cm³/mol.